The first-order chi connectivity index (χ1) is 8.65. The Kier molecular flexibility index (Phi) is 4.59. The molecule has 3 unspecified atom stereocenters. The second kappa shape index (κ2) is 5.99. The molecular formula is C13H23N3OS. The molecule has 1 aromatic heterocycles. The molecule has 1 aliphatic rings. The SMILES string of the molecule is CNC(C)c1csc(N2CCC(C)C(OC)C2)n1. The van der Waals surface area contributed by atoms with Gasteiger partial charge in [-0.25, -0.2) is 4.98 Å². The van der Waals surface area contributed by atoms with Crippen LogP contribution < -0.4 is 10.2 Å². The molecule has 102 valence electrons. The van der Waals surface area contributed by atoms with Gasteiger partial charge in [-0.2, -0.15) is 0 Å². The van der Waals surface area contributed by atoms with Gasteiger partial charge in [0.25, 0.3) is 0 Å². The highest BCUT2D eigenvalue weighted by molar-refractivity contribution is 7.13. The highest BCUT2D eigenvalue weighted by atomic mass is 32.1. The summed E-state index contributed by atoms with van der Waals surface area (Å²) in [6.07, 6.45) is 1.50. The topological polar surface area (TPSA) is 37.4 Å². The number of hydrogen-bond donors (Lipinski definition) is 1. The van der Waals surface area contributed by atoms with Gasteiger partial charge in [0, 0.05) is 31.6 Å². The van der Waals surface area contributed by atoms with Crippen LogP contribution in [0.4, 0.5) is 5.13 Å². The second-order valence-corrected chi connectivity index (χ2v) is 5.89. The van der Waals surface area contributed by atoms with Crippen molar-refractivity contribution in [1.29, 1.82) is 0 Å². The summed E-state index contributed by atoms with van der Waals surface area (Å²) in [7, 11) is 3.77. The smallest absolute Gasteiger partial charge is 0.185 e. The van der Waals surface area contributed by atoms with Gasteiger partial charge in [-0.05, 0) is 26.3 Å². The lowest BCUT2D eigenvalue weighted by Crippen LogP contribution is -2.43. The van der Waals surface area contributed by atoms with Gasteiger partial charge in [0.2, 0.25) is 0 Å². The minimum absolute atomic E-state index is 0.317. The number of aromatic nitrogens is 1. The fourth-order valence-corrected chi connectivity index (χ4v) is 3.24. The summed E-state index contributed by atoms with van der Waals surface area (Å²) in [6, 6.07) is 0.317. The third-order valence-electron chi connectivity index (χ3n) is 3.85. The number of nitrogens with zero attached hydrogens (tertiary/aromatic N) is 2. The molecule has 1 aliphatic heterocycles. The molecule has 0 saturated carbocycles. The molecule has 0 amide bonds. The maximum absolute atomic E-state index is 5.55. The number of nitrogens with one attached hydrogen (secondary N) is 1. The lowest BCUT2D eigenvalue weighted by atomic mass is 9.96. The standard InChI is InChI=1S/C13H23N3OS/c1-9-5-6-16(7-12(9)17-4)13-15-11(8-18-13)10(2)14-3/h8-10,12,14H,5-7H2,1-4H3. The Bertz CT molecular complexity index is 382. The number of piperidine rings is 1. The van der Waals surface area contributed by atoms with Crippen LogP contribution in [0.2, 0.25) is 0 Å². The number of methoxy groups -OCH3 is 1. The van der Waals surface area contributed by atoms with E-state index in [9.17, 15) is 0 Å². The van der Waals surface area contributed by atoms with E-state index in [-0.39, 0.29) is 0 Å². The Balaban J connectivity index is 2.05. The van der Waals surface area contributed by atoms with Crippen LogP contribution in [0, 0.1) is 5.92 Å². The fraction of sp³-hybridized carbons (Fsp3) is 0.769. The van der Waals surface area contributed by atoms with Crippen molar-refractivity contribution in [3.63, 3.8) is 0 Å². The monoisotopic (exact) mass is 269 g/mol. The van der Waals surface area contributed by atoms with Crippen molar-refractivity contribution in [2.75, 3.05) is 32.1 Å². The van der Waals surface area contributed by atoms with Crippen molar-refractivity contribution in [3.8, 4) is 0 Å². The normalized spacial score (nSPS) is 26.3. The zero-order valence-corrected chi connectivity index (χ0v) is 12.5. The number of rotatable bonds is 4. The molecule has 0 spiro atoms. The van der Waals surface area contributed by atoms with Gasteiger partial charge in [-0.3, -0.25) is 0 Å². The second-order valence-electron chi connectivity index (χ2n) is 5.05. The maximum Gasteiger partial charge on any atom is 0.185 e. The van der Waals surface area contributed by atoms with Gasteiger partial charge in [0.05, 0.1) is 11.8 Å². The Hall–Kier alpha value is -0.650. The Morgan fingerprint density at radius 1 is 1.61 bits per heavy atom. The molecule has 5 heteroatoms. The summed E-state index contributed by atoms with van der Waals surface area (Å²) in [4.78, 5) is 7.08. The van der Waals surface area contributed by atoms with Crippen LogP contribution in [0.3, 0.4) is 0 Å². The van der Waals surface area contributed by atoms with Crippen LogP contribution in [0.1, 0.15) is 32.0 Å². The quantitative estimate of drug-likeness (QED) is 0.910. The zero-order chi connectivity index (χ0) is 13.1. The lowest BCUT2D eigenvalue weighted by molar-refractivity contribution is 0.0498. The summed E-state index contributed by atoms with van der Waals surface area (Å²) in [5, 5.41) is 6.50. The highest BCUT2D eigenvalue weighted by Crippen LogP contribution is 2.28. The van der Waals surface area contributed by atoms with Gasteiger partial charge in [0.15, 0.2) is 5.13 Å². The number of hydrogen-bond acceptors (Lipinski definition) is 5. The summed E-state index contributed by atoms with van der Waals surface area (Å²) in [5.41, 5.74) is 1.13. The molecule has 4 nitrogen and oxygen atoms in total. The molecule has 1 saturated heterocycles. The number of thiazole rings is 1. The molecule has 3 atom stereocenters. The molecule has 0 bridgehead atoms. The number of ether oxygens (including phenoxy) is 1. The van der Waals surface area contributed by atoms with Crippen LogP contribution in [-0.4, -0.2) is 38.3 Å². The maximum atomic E-state index is 5.55. The Labute approximate surface area is 113 Å². The van der Waals surface area contributed by atoms with E-state index in [2.05, 4.69) is 29.4 Å². The molecule has 0 radical (unpaired) electrons. The minimum atomic E-state index is 0.317. The molecule has 0 aliphatic carbocycles. The van der Waals surface area contributed by atoms with E-state index < -0.39 is 0 Å². The van der Waals surface area contributed by atoms with Crippen molar-refractivity contribution in [3.05, 3.63) is 11.1 Å². The third kappa shape index (κ3) is 2.84. The van der Waals surface area contributed by atoms with E-state index >= 15 is 0 Å². The van der Waals surface area contributed by atoms with Crippen LogP contribution in [0.5, 0.6) is 0 Å². The first kappa shape index (κ1) is 13.8. The van der Waals surface area contributed by atoms with Crippen molar-refractivity contribution >= 4 is 16.5 Å². The van der Waals surface area contributed by atoms with Crippen molar-refractivity contribution in [2.45, 2.75) is 32.4 Å². The van der Waals surface area contributed by atoms with E-state index in [1.54, 1.807) is 18.4 Å². The largest absolute Gasteiger partial charge is 0.379 e. The fourth-order valence-electron chi connectivity index (χ4n) is 2.28. The Morgan fingerprint density at radius 2 is 2.39 bits per heavy atom. The first-order valence-corrected chi connectivity index (χ1v) is 7.44. The predicted molar refractivity (Wildman–Crippen MR) is 76.4 cm³/mol. The van der Waals surface area contributed by atoms with Gasteiger partial charge < -0.3 is 15.0 Å². The molecule has 1 fully saturated rings. The van der Waals surface area contributed by atoms with E-state index in [4.69, 9.17) is 9.72 Å². The van der Waals surface area contributed by atoms with Crippen molar-refractivity contribution < 1.29 is 4.74 Å². The van der Waals surface area contributed by atoms with Gasteiger partial charge in [0.1, 0.15) is 0 Å². The van der Waals surface area contributed by atoms with Crippen molar-refractivity contribution in [1.82, 2.24) is 10.3 Å². The highest BCUT2D eigenvalue weighted by Gasteiger charge is 2.27. The lowest BCUT2D eigenvalue weighted by Gasteiger charge is -2.36. The molecule has 2 heterocycles. The summed E-state index contributed by atoms with van der Waals surface area (Å²) in [6.45, 7) is 6.44. The Morgan fingerprint density at radius 3 is 3.06 bits per heavy atom. The summed E-state index contributed by atoms with van der Waals surface area (Å²) >= 11 is 1.73. The van der Waals surface area contributed by atoms with E-state index in [1.165, 1.54) is 6.42 Å². The zero-order valence-electron chi connectivity index (χ0n) is 11.6. The number of anilines is 1. The molecule has 1 aromatic rings. The van der Waals surface area contributed by atoms with Crippen LogP contribution in [-0.2, 0) is 4.74 Å². The van der Waals surface area contributed by atoms with E-state index in [0.717, 1.165) is 23.9 Å². The average Bonchev–Trinajstić information content (AvgIpc) is 2.88. The van der Waals surface area contributed by atoms with E-state index in [0.29, 0.717) is 18.1 Å². The molecule has 0 aromatic carbocycles. The first-order valence-electron chi connectivity index (χ1n) is 6.56. The summed E-state index contributed by atoms with van der Waals surface area (Å²) < 4.78 is 5.55. The molecule has 2 rings (SSSR count). The van der Waals surface area contributed by atoms with Crippen LogP contribution in [0.25, 0.3) is 0 Å². The molecular weight excluding hydrogens is 246 g/mol. The minimum Gasteiger partial charge on any atom is -0.379 e. The molecule has 1 N–H and O–H groups in total. The van der Waals surface area contributed by atoms with Crippen LogP contribution in [0.15, 0.2) is 5.38 Å². The van der Waals surface area contributed by atoms with Crippen LogP contribution >= 0.6 is 11.3 Å². The summed E-state index contributed by atoms with van der Waals surface area (Å²) in [5.74, 6) is 0.641. The van der Waals surface area contributed by atoms with Gasteiger partial charge in [-0.1, -0.05) is 6.92 Å². The van der Waals surface area contributed by atoms with Gasteiger partial charge >= 0.3 is 0 Å². The third-order valence-corrected chi connectivity index (χ3v) is 4.77. The van der Waals surface area contributed by atoms with E-state index in [1.807, 2.05) is 7.05 Å². The van der Waals surface area contributed by atoms with Crippen molar-refractivity contribution in [2.24, 2.45) is 5.92 Å². The van der Waals surface area contributed by atoms with Gasteiger partial charge in [-0.15, -0.1) is 11.3 Å². The average molecular weight is 269 g/mol. The molecule has 18 heavy (non-hydrogen) atoms. The predicted octanol–water partition coefficient (Wildman–Crippen LogP) is 2.28.